The number of rotatable bonds is 14. The zero-order chi connectivity index (χ0) is 33.2. The van der Waals surface area contributed by atoms with Crippen molar-refractivity contribution in [2.75, 3.05) is 6.61 Å². The van der Waals surface area contributed by atoms with E-state index in [-0.39, 0.29) is 5.75 Å². The fraction of sp³-hybridized carbons (Fsp3) is 0.593. The third kappa shape index (κ3) is 11.5. The zero-order valence-corrected chi connectivity index (χ0v) is 26.1. The number of esters is 5. The van der Waals surface area contributed by atoms with Crippen molar-refractivity contribution in [3.63, 3.8) is 0 Å². The summed E-state index contributed by atoms with van der Waals surface area (Å²) in [6.07, 6.45) is -12.1. The second-order valence-corrected chi connectivity index (χ2v) is 11.5. The van der Waals surface area contributed by atoms with E-state index < -0.39 is 93.2 Å². The van der Waals surface area contributed by atoms with Gasteiger partial charge in [-0.15, -0.1) is 0 Å². The Morgan fingerprint density at radius 2 is 1.41 bits per heavy atom. The minimum absolute atomic E-state index is 0.00305. The molecule has 15 nitrogen and oxygen atoms in total. The third-order valence-electron chi connectivity index (χ3n) is 5.51. The predicted molar refractivity (Wildman–Crippen MR) is 146 cm³/mol. The second kappa shape index (κ2) is 16.5. The first kappa shape index (κ1) is 36.6. The van der Waals surface area contributed by atoms with Gasteiger partial charge in [-0.25, -0.2) is 8.96 Å². The second-order valence-electron chi connectivity index (χ2n) is 9.85. The first-order valence-electron chi connectivity index (χ1n) is 13.5. The molecule has 1 aromatic rings. The lowest BCUT2D eigenvalue weighted by atomic mass is 9.95. The fourth-order valence-corrected chi connectivity index (χ4v) is 5.51. The van der Waals surface area contributed by atoms with Crippen molar-refractivity contribution in [3.05, 3.63) is 30.3 Å². The van der Waals surface area contributed by atoms with Gasteiger partial charge in [0.25, 0.3) is 0 Å². The third-order valence-corrected chi connectivity index (χ3v) is 7.15. The maximum Gasteiger partial charge on any atom is 0.461 e. The van der Waals surface area contributed by atoms with Crippen LogP contribution in [0.5, 0.6) is 5.75 Å². The van der Waals surface area contributed by atoms with Gasteiger partial charge in [0, 0.05) is 27.7 Å². The highest BCUT2D eigenvalue weighted by Crippen LogP contribution is 2.48. The SMILES string of the molecule is CC(=O)OC[C@H](F)[C@H]1O[C@@H](O[P@](=O)(N[C@@H](C)C(=O)OC(C)C)Oc2ccccc2)[C@@H](OC(C)=O)[C@@H](OC(C)=O)[C@@H]1OC(C)=O. The van der Waals surface area contributed by atoms with E-state index in [4.69, 9.17) is 37.5 Å². The van der Waals surface area contributed by atoms with E-state index in [1.165, 1.54) is 19.1 Å². The van der Waals surface area contributed by atoms with Crippen molar-refractivity contribution in [3.8, 4) is 5.75 Å². The summed E-state index contributed by atoms with van der Waals surface area (Å²) in [6.45, 7) is 7.56. The largest absolute Gasteiger partial charge is 0.463 e. The Bertz CT molecular complexity index is 1210. The molecule has 0 amide bonds. The highest BCUT2D eigenvalue weighted by molar-refractivity contribution is 7.52. The van der Waals surface area contributed by atoms with Crippen molar-refractivity contribution in [1.29, 1.82) is 0 Å². The van der Waals surface area contributed by atoms with Crippen molar-refractivity contribution < 1.29 is 70.4 Å². The summed E-state index contributed by atoms with van der Waals surface area (Å²) < 4.78 is 72.5. The molecule has 44 heavy (non-hydrogen) atoms. The molecule has 2 rings (SSSR count). The summed E-state index contributed by atoms with van der Waals surface area (Å²) in [7, 11) is -4.76. The summed E-state index contributed by atoms with van der Waals surface area (Å²) in [4.78, 5) is 60.2. The van der Waals surface area contributed by atoms with E-state index in [0.717, 1.165) is 27.7 Å². The van der Waals surface area contributed by atoms with Crippen molar-refractivity contribution >= 4 is 37.6 Å². The van der Waals surface area contributed by atoms with Gasteiger partial charge in [-0.1, -0.05) is 18.2 Å². The Morgan fingerprint density at radius 3 is 1.93 bits per heavy atom. The average molecular weight is 650 g/mol. The lowest BCUT2D eigenvalue weighted by molar-refractivity contribution is -0.295. The molecule has 0 saturated carbocycles. The first-order chi connectivity index (χ1) is 20.5. The molecule has 0 radical (unpaired) electrons. The average Bonchev–Trinajstić information content (AvgIpc) is 2.89. The van der Waals surface area contributed by atoms with Crippen molar-refractivity contribution in [2.24, 2.45) is 0 Å². The van der Waals surface area contributed by atoms with E-state index >= 15 is 4.39 Å². The number of hydrogen-bond donors (Lipinski definition) is 1. The van der Waals surface area contributed by atoms with Gasteiger partial charge in [0.2, 0.25) is 6.29 Å². The summed E-state index contributed by atoms with van der Waals surface area (Å²) in [5.74, 6) is -4.58. The van der Waals surface area contributed by atoms with Gasteiger partial charge in [-0.05, 0) is 32.9 Å². The summed E-state index contributed by atoms with van der Waals surface area (Å²) in [5.41, 5.74) is 0. The molecule has 1 aliphatic heterocycles. The standard InChI is InChI=1S/C27H37FNO14P/c1-14(2)37-26(34)15(3)29-44(35,42-20-11-9-8-10-12-20)43-27-25(40-19(7)33)24(39-18(6)32)23(38-17(5)31)22(41-27)21(28)13-36-16(4)30/h8-12,14-15,21-25,27H,13H2,1-7H3,(H,29,35)/t15-,21-,22+,23+,24-,25-,27-,44-/m0/s1. The molecule has 1 N–H and O–H groups in total. The van der Waals surface area contributed by atoms with E-state index in [1.807, 2.05) is 0 Å². The van der Waals surface area contributed by atoms with Crippen LogP contribution in [0.3, 0.4) is 0 Å². The molecule has 1 aromatic carbocycles. The molecular weight excluding hydrogens is 612 g/mol. The predicted octanol–water partition coefficient (Wildman–Crippen LogP) is 2.54. The Kier molecular flexibility index (Phi) is 13.7. The van der Waals surface area contributed by atoms with E-state index in [1.54, 1.807) is 32.0 Å². The van der Waals surface area contributed by atoms with Crippen molar-refractivity contribution in [1.82, 2.24) is 5.09 Å². The van der Waals surface area contributed by atoms with Gasteiger partial charge in [0.05, 0.1) is 6.10 Å². The van der Waals surface area contributed by atoms with Crippen LogP contribution in [0.1, 0.15) is 48.5 Å². The van der Waals surface area contributed by atoms with Crippen LogP contribution in [-0.2, 0) is 61.5 Å². The van der Waals surface area contributed by atoms with Crippen LogP contribution in [-0.4, -0.2) is 85.5 Å². The molecule has 1 aliphatic rings. The molecular formula is C27H37FNO14P. The number of hydrogen-bond acceptors (Lipinski definition) is 14. The Hall–Kier alpha value is -3.59. The minimum Gasteiger partial charge on any atom is -0.463 e. The monoisotopic (exact) mass is 649 g/mol. The van der Waals surface area contributed by atoms with E-state index in [0.29, 0.717) is 0 Å². The quantitative estimate of drug-likeness (QED) is 0.176. The normalized spacial score (nSPS) is 24.2. The number of carbonyl (C=O) groups is 5. The summed E-state index contributed by atoms with van der Waals surface area (Å²) in [6, 6.07) is 6.26. The van der Waals surface area contributed by atoms with Crippen LogP contribution < -0.4 is 9.61 Å². The lowest BCUT2D eigenvalue weighted by Crippen LogP contribution is -2.64. The maximum absolute atomic E-state index is 15.6. The molecule has 0 aliphatic carbocycles. The first-order valence-corrected chi connectivity index (χ1v) is 15.0. The number of para-hydroxylation sites is 1. The van der Waals surface area contributed by atoms with Gasteiger partial charge in [-0.2, -0.15) is 5.09 Å². The minimum atomic E-state index is -4.76. The number of carbonyl (C=O) groups excluding carboxylic acids is 5. The number of nitrogens with one attached hydrogen (secondary N) is 1. The van der Waals surface area contributed by atoms with Crippen LogP contribution in [0.25, 0.3) is 0 Å². The molecule has 0 unspecified atom stereocenters. The summed E-state index contributed by atoms with van der Waals surface area (Å²) >= 11 is 0. The smallest absolute Gasteiger partial charge is 0.461 e. The van der Waals surface area contributed by atoms with Crippen LogP contribution in [0.4, 0.5) is 4.39 Å². The number of ether oxygens (including phenoxy) is 6. The molecule has 8 atom stereocenters. The van der Waals surface area contributed by atoms with Crippen LogP contribution in [0.2, 0.25) is 0 Å². The Labute approximate surface area is 253 Å². The molecule has 0 aromatic heterocycles. The van der Waals surface area contributed by atoms with Gasteiger partial charge < -0.3 is 32.9 Å². The zero-order valence-electron chi connectivity index (χ0n) is 25.3. The Morgan fingerprint density at radius 1 is 0.864 bits per heavy atom. The van der Waals surface area contributed by atoms with E-state index in [2.05, 4.69) is 5.09 Å². The highest BCUT2D eigenvalue weighted by atomic mass is 31.2. The number of benzene rings is 1. The van der Waals surface area contributed by atoms with Crippen LogP contribution in [0.15, 0.2) is 30.3 Å². The topological polar surface area (TPSA) is 188 Å². The van der Waals surface area contributed by atoms with Crippen LogP contribution >= 0.6 is 7.75 Å². The molecule has 1 heterocycles. The fourth-order valence-electron chi connectivity index (χ4n) is 3.93. The van der Waals surface area contributed by atoms with Gasteiger partial charge in [-0.3, -0.25) is 28.5 Å². The van der Waals surface area contributed by atoms with Gasteiger partial charge in [0.15, 0.2) is 24.5 Å². The van der Waals surface area contributed by atoms with Gasteiger partial charge in [0.1, 0.15) is 24.5 Å². The lowest BCUT2D eigenvalue weighted by Gasteiger charge is -2.45. The maximum atomic E-state index is 15.6. The molecule has 0 bridgehead atoms. The number of alkyl halides is 1. The van der Waals surface area contributed by atoms with Crippen LogP contribution in [0, 0.1) is 0 Å². The van der Waals surface area contributed by atoms with E-state index in [9.17, 15) is 28.5 Å². The molecule has 246 valence electrons. The molecule has 1 saturated heterocycles. The molecule has 17 heteroatoms. The Balaban J connectivity index is 2.62. The number of halogens is 1. The molecule has 0 spiro atoms. The molecule has 1 fully saturated rings. The van der Waals surface area contributed by atoms with Crippen molar-refractivity contribution in [2.45, 2.75) is 97.5 Å². The summed E-state index contributed by atoms with van der Waals surface area (Å²) in [5, 5.41) is 2.41. The van der Waals surface area contributed by atoms with Gasteiger partial charge >= 0.3 is 37.6 Å². The highest BCUT2D eigenvalue weighted by Gasteiger charge is 2.57.